The van der Waals surface area contributed by atoms with Gasteiger partial charge in [0.1, 0.15) is 42.7 Å². The van der Waals surface area contributed by atoms with Crippen molar-refractivity contribution in [2.45, 2.75) is 167 Å². The first kappa shape index (κ1) is 40.0. The summed E-state index contributed by atoms with van der Waals surface area (Å²) in [5.41, 5.74) is 0.00865. The number of esters is 1. The molecular weight excluding hydrogens is 684 g/mol. The molecule has 7 N–H and O–H groups in total. The Morgan fingerprint density at radius 2 is 1.45 bits per heavy atom. The lowest BCUT2D eigenvalue weighted by atomic mass is 9.32. The molecule has 7 aliphatic rings. The molecule has 5 aliphatic carbocycles. The summed E-state index contributed by atoms with van der Waals surface area (Å²) in [6, 6.07) is 0. The maximum atomic E-state index is 14.5. The average molecular weight is 751 g/mol. The number of fused-ring (bicyclic) bond motifs is 7. The third-order valence-corrected chi connectivity index (χ3v) is 17.2. The molecule has 2 aliphatic heterocycles. The molecule has 0 bridgehead atoms. The van der Waals surface area contributed by atoms with Crippen molar-refractivity contribution in [2.75, 3.05) is 13.2 Å². The van der Waals surface area contributed by atoms with Crippen molar-refractivity contribution in [1.29, 1.82) is 0 Å². The highest BCUT2D eigenvalue weighted by Gasteiger charge is 2.72. The van der Waals surface area contributed by atoms with Crippen LogP contribution in [0, 0.1) is 56.7 Å². The van der Waals surface area contributed by atoms with Crippen molar-refractivity contribution in [3.8, 4) is 0 Å². The van der Waals surface area contributed by atoms with Crippen molar-refractivity contribution in [3.63, 3.8) is 0 Å². The molecule has 7 fully saturated rings. The summed E-state index contributed by atoms with van der Waals surface area (Å²) in [6.45, 7) is 17.9. The molecule has 0 radical (unpaired) electrons. The van der Waals surface area contributed by atoms with Gasteiger partial charge in [0.05, 0.1) is 24.7 Å². The highest BCUT2D eigenvalue weighted by molar-refractivity contribution is 5.78. The Kier molecular flexibility index (Phi) is 10.4. The second-order valence-corrected chi connectivity index (χ2v) is 19.7. The van der Waals surface area contributed by atoms with E-state index in [-0.39, 0.29) is 52.1 Å². The van der Waals surface area contributed by atoms with Gasteiger partial charge in [-0.15, -0.1) is 0 Å². The topological polar surface area (TPSA) is 196 Å². The molecule has 2 heterocycles. The highest BCUT2D eigenvalue weighted by atomic mass is 16.7. The van der Waals surface area contributed by atoms with Gasteiger partial charge < -0.3 is 54.7 Å². The van der Waals surface area contributed by atoms with Crippen LogP contribution in [0.1, 0.15) is 106 Å². The van der Waals surface area contributed by atoms with Crippen molar-refractivity contribution in [3.05, 3.63) is 12.2 Å². The van der Waals surface area contributed by atoms with Crippen LogP contribution in [0.15, 0.2) is 12.2 Å². The molecule has 19 atom stereocenters. The minimum Gasteiger partial charge on any atom is -0.432 e. The van der Waals surface area contributed by atoms with Crippen molar-refractivity contribution in [2.24, 2.45) is 56.7 Å². The lowest BCUT2D eigenvalue weighted by molar-refractivity contribution is -0.312. The van der Waals surface area contributed by atoms with Crippen LogP contribution in [0.5, 0.6) is 0 Å². The van der Waals surface area contributed by atoms with Crippen LogP contribution in [0.2, 0.25) is 0 Å². The minimum absolute atomic E-state index is 0.00339. The first-order chi connectivity index (χ1) is 24.8. The lowest BCUT2D eigenvalue weighted by Gasteiger charge is -2.73. The zero-order chi connectivity index (χ0) is 38.6. The normalized spacial score (nSPS) is 54.8. The fraction of sp³-hybridized carbons (Fsp3) is 0.927. The molecule has 53 heavy (non-hydrogen) atoms. The maximum Gasteiger partial charge on any atom is 0.314 e. The van der Waals surface area contributed by atoms with Gasteiger partial charge in [0.25, 0.3) is 0 Å². The van der Waals surface area contributed by atoms with Gasteiger partial charge in [0.15, 0.2) is 6.29 Å². The van der Waals surface area contributed by atoms with E-state index >= 15 is 0 Å². The van der Waals surface area contributed by atoms with Crippen LogP contribution >= 0.6 is 0 Å². The third-order valence-electron chi connectivity index (χ3n) is 17.2. The van der Waals surface area contributed by atoms with E-state index in [9.17, 15) is 40.5 Å². The van der Waals surface area contributed by atoms with E-state index in [2.05, 4.69) is 48.1 Å². The average Bonchev–Trinajstić information content (AvgIpc) is 3.51. The molecule has 2 saturated heterocycles. The smallest absolute Gasteiger partial charge is 0.314 e. The number of hydrogen-bond acceptors (Lipinski definition) is 12. The number of carbonyl (C=O) groups excluding carboxylic acids is 1. The molecule has 7 rings (SSSR count). The van der Waals surface area contributed by atoms with Crippen LogP contribution in [0.3, 0.4) is 0 Å². The first-order valence-corrected chi connectivity index (χ1v) is 20.3. The summed E-state index contributed by atoms with van der Waals surface area (Å²) in [7, 11) is 0. The summed E-state index contributed by atoms with van der Waals surface area (Å²) in [6.07, 6.45) is -3.62. The summed E-state index contributed by atoms with van der Waals surface area (Å²) in [5.74, 6) is 0.739. The van der Waals surface area contributed by atoms with E-state index in [0.29, 0.717) is 24.7 Å². The Balaban J connectivity index is 1.14. The number of hydrogen-bond donors (Lipinski definition) is 7. The number of carbonyl (C=O) groups is 1. The molecular formula is C41H66O12. The lowest BCUT2D eigenvalue weighted by Crippen LogP contribution is -2.67. The molecule has 302 valence electrons. The standard InChI is InChI=1S/C41H66O12/c1-20(2)21-10-15-41(36(49)53-35-33(48)31(46)30(45)24(18-42)51-35)17-16-39(6)22(28(21)41)8-9-26-38(5)13-12-27(37(3,4)25(38)11-14-40(26,39)7)52-34-32(47)29(44)23(43)19-50-34/h21-35,42-48H,1,8-19H2,2-7H3/t21-,22+,23+,24+,25-,26+,27-,28+,29+,30+,31-,32-,33+,34-,35-,38-,39+,40+,41-/m0/s1. The fourth-order valence-electron chi connectivity index (χ4n) is 14.2. The van der Waals surface area contributed by atoms with Gasteiger partial charge in [0, 0.05) is 0 Å². The van der Waals surface area contributed by atoms with Gasteiger partial charge in [0.2, 0.25) is 6.29 Å². The van der Waals surface area contributed by atoms with Crippen LogP contribution < -0.4 is 0 Å². The molecule has 0 aromatic rings. The van der Waals surface area contributed by atoms with Gasteiger partial charge in [-0.2, -0.15) is 0 Å². The maximum absolute atomic E-state index is 14.5. The highest BCUT2D eigenvalue weighted by Crippen LogP contribution is 2.77. The van der Waals surface area contributed by atoms with Gasteiger partial charge in [-0.1, -0.05) is 46.8 Å². The van der Waals surface area contributed by atoms with Gasteiger partial charge in [-0.3, -0.25) is 4.79 Å². The molecule has 0 spiro atoms. The van der Waals surface area contributed by atoms with Crippen LogP contribution in [-0.2, 0) is 23.7 Å². The van der Waals surface area contributed by atoms with Gasteiger partial charge >= 0.3 is 5.97 Å². The third kappa shape index (κ3) is 5.77. The first-order valence-electron chi connectivity index (χ1n) is 20.3. The van der Waals surface area contributed by atoms with Gasteiger partial charge in [-0.25, -0.2) is 0 Å². The van der Waals surface area contributed by atoms with Crippen LogP contribution in [0.4, 0.5) is 0 Å². The van der Waals surface area contributed by atoms with E-state index in [1.54, 1.807) is 0 Å². The summed E-state index contributed by atoms with van der Waals surface area (Å²) < 4.78 is 23.8. The molecule has 0 amide bonds. The predicted molar refractivity (Wildman–Crippen MR) is 191 cm³/mol. The fourth-order valence-corrected chi connectivity index (χ4v) is 14.2. The quantitative estimate of drug-likeness (QED) is 0.119. The molecule has 0 aromatic carbocycles. The Bertz CT molecular complexity index is 1400. The predicted octanol–water partition coefficient (Wildman–Crippen LogP) is 2.81. The van der Waals surface area contributed by atoms with E-state index in [4.69, 9.17) is 18.9 Å². The molecule has 12 heteroatoms. The molecule has 0 aromatic heterocycles. The Morgan fingerprint density at radius 3 is 2.13 bits per heavy atom. The Labute approximate surface area is 314 Å². The van der Waals surface area contributed by atoms with Crippen LogP contribution in [0.25, 0.3) is 0 Å². The SMILES string of the molecule is C=C(C)[C@@H]1CC[C@]2(C(=O)O[C@@H]3O[C@H](CO)[C@@H](O)[C@H](O)[C@H]3O)CC[C@]3(C)[C@H](CC[C@@H]4[C@@]5(C)CC[C@H](O[C@@H]6OC[C@@H](O)[C@@H](O)[C@@H]6O)C(C)(C)[C@@H]5CC[C@]43C)[C@@H]12. The van der Waals surface area contributed by atoms with Crippen molar-refractivity contribution in [1.82, 2.24) is 0 Å². The van der Waals surface area contributed by atoms with E-state index < -0.39 is 73.3 Å². The number of ether oxygens (including phenoxy) is 4. The Hall–Kier alpha value is -1.19. The Morgan fingerprint density at radius 1 is 0.755 bits per heavy atom. The minimum atomic E-state index is -1.64. The molecule has 5 saturated carbocycles. The molecule has 12 nitrogen and oxygen atoms in total. The summed E-state index contributed by atoms with van der Waals surface area (Å²) in [4.78, 5) is 14.5. The van der Waals surface area contributed by atoms with E-state index in [0.717, 1.165) is 56.9 Å². The largest absolute Gasteiger partial charge is 0.432 e. The second kappa shape index (κ2) is 13.7. The summed E-state index contributed by atoms with van der Waals surface area (Å²) >= 11 is 0. The number of allylic oxidation sites excluding steroid dienone is 1. The van der Waals surface area contributed by atoms with Crippen molar-refractivity contribution < 1.29 is 59.5 Å². The molecule has 0 unspecified atom stereocenters. The van der Waals surface area contributed by atoms with Crippen LogP contribution in [-0.4, -0.2) is 116 Å². The van der Waals surface area contributed by atoms with Gasteiger partial charge in [-0.05, 0) is 122 Å². The van der Waals surface area contributed by atoms with E-state index in [1.807, 2.05) is 0 Å². The van der Waals surface area contributed by atoms with Crippen molar-refractivity contribution >= 4 is 5.97 Å². The summed E-state index contributed by atoms with van der Waals surface area (Å²) in [5, 5.41) is 72.3. The number of aliphatic hydroxyl groups is 7. The number of aliphatic hydroxyl groups excluding tert-OH is 7. The number of rotatable bonds is 6. The van der Waals surface area contributed by atoms with E-state index in [1.165, 1.54) is 0 Å². The zero-order valence-electron chi connectivity index (χ0n) is 32.5. The second-order valence-electron chi connectivity index (χ2n) is 19.7. The zero-order valence-corrected chi connectivity index (χ0v) is 32.5. The monoisotopic (exact) mass is 750 g/mol.